The van der Waals surface area contributed by atoms with Gasteiger partial charge in [0.15, 0.2) is 5.82 Å². The summed E-state index contributed by atoms with van der Waals surface area (Å²) < 4.78 is 46.9. The molecule has 4 nitrogen and oxygen atoms in total. The third kappa shape index (κ3) is 2.78. The third-order valence-corrected chi connectivity index (χ3v) is 2.94. The molecule has 0 bridgehead atoms. The summed E-state index contributed by atoms with van der Waals surface area (Å²) in [4.78, 5) is 0. The second-order valence-corrected chi connectivity index (χ2v) is 4.23. The minimum atomic E-state index is -1.05. The Kier molecular flexibility index (Phi) is 4.61. The van der Waals surface area contributed by atoms with Crippen LogP contribution in [0.5, 0.6) is 0 Å². The van der Waals surface area contributed by atoms with Crippen LogP contribution < -0.4 is 0 Å². The Balaban J connectivity index is 2.55. The van der Waals surface area contributed by atoms with Crippen molar-refractivity contribution >= 4 is 11.6 Å². The number of rotatable bonds is 5. The standard InChI is InChI=1S/C12H11ClF3N3O/c1-20-3-2-19-10(6-13)17-18-12(19)11-8(15)4-7(14)5-9(11)16/h4-5H,2-3,6H2,1H3. The molecular formula is C12H11ClF3N3O. The van der Waals surface area contributed by atoms with Gasteiger partial charge in [-0.15, -0.1) is 21.8 Å². The van der Waals surface area contributed by atoms with Crippen LogP contribution in [0.3, 0.4) is 0 Å². The number of nitrogens with zero attached hydrogens (tertiary/aromatic N) is 3. The summed E-state index contributed by atoms with van der Waals surface area (Å²) >= 11 is 5.70. The van der Waals surface area contributed by atoms with Gasteiger partial charge in [0.05, 0.1) is 18.1 Å². The molecule has 2 rings (SSSR count). The molecular weight excluding hydrogens is 295 g/mol. The zero-order chi connectivity index (χ0) is 14.7. The molecule has 0 aliphatic rings. The van der Waals surface area contributed by atoms with Gasteiger partial charge in [-0.2, -0.15) is 0 Å². The van der Waals surface area contributed by atoms with Gasteiger partial charge in [0, 0.05) is 25.8 Å². The van der Waals surface area contributed by atoms with E-state index in [0.717, 1.165) is 0 Å². The molecule has 0 unspecified atom stereocenters. The fourth-order valence-corrected chi connectivity index (χ4v) is 1.99. The molecule has 0 N–H and O–H groups in total. The number of ether oxygens (including phenoxy) is 1. The van der Waals surface area contributed by atoms with Crippen LogP contribution in [0.1, 0.15) is 5.82 Å². The minimum Gasteiger partial charge on any atom is -0.383 e. The average Bonchev–Trinajstić information content (AvgIpc) is 2.78. The van der Waals surface area contributed by atoms with Gasteiger partial charge in [0.2, 0.25) is 0 Å². The van der Waals surface area contributed by atoms with Crippen LogP contribution in [0.2, 0.25) is 0 Å². The zero-order valence-corrected chi connectivity index (χ0v) is 11.3. The molecule has 0 atom stereocenters. The molecule has 0 saturated heterocycles. The molecule has 0 radical (unpaired) electrons. The summed E-state index contributed by atoms with van der Waals surface area (Å²) in [5, 5.41) is 7.50. The van der Waals surface area contributed by atoms with Crippen LogP contribution in [0.4, 0.5) is 13.2 Å². The molecule has 0 spiro atoms. The van der Waals surface area contributed by atoms with Gasteiger partial charge in [-0.3, -0.25) is 0 Å². The van der Waals surface area contributed by atoms with Gasteiger partial charge in [0.25, 0.3) is 0 Å². The lowest BCUT2D eigenvalue weighted by Crippen LogP contribution is -2.10. The Morgan fingerprint density at radius 2 is 1.85 bits per heavy atom. The number of benzene rings is 1. The molecule has 1 aromatic heterocycles. The maximum absolute atomic E-state index is 13.8. The van der Waals surface area contributed by atoms with E-state index in [9.17, 15) is 13.2 Å². The van der Waals surface area contributed by atoms with E-state index in [2.05, 4.69) is 10.2 Å². The van der Waals surface area contributed by atoms with Crippen LogP contribution in [0.25, 0.3) is 11.4 Å². The molecule has 0 amide bonds. The van der Waals surface area contributed by atoms with Crippen molar-refractivity contribution in [2.24, 2.45) is 0 Å². The van der Waals surface area contributed by atoms with E-state index in [1.165, 1.54) is 11.7 Å². The van der Waals surface area contributed by atoms with Gasteiger partial charge in [0.1, 0.15) is 23.3 Å². The van der Waals surface area contributed by atoms with E-state index in [1.54, 1.807) is 0 Å². The Morgan fingerprint density at radius 1 is 1.20 bits per heavy atom. The second-order valence-electron chi connectivity index (χ2n) is 3.96. The van der Waals surface area contributed by atoms with Crippen molar-refractivity contribution in [1.29, 1.82) is 0 Å². The zero-order valence-electron chi connectivity index (χ0n) is 10.5. The minimum absolute atomic E-state index is 0.0289. The van der Waals surface area contributed by atoms with Crippen LogP contribution >= 0.6 is 11.6 Å². The van der Waals surface area contributed by atoms with Gasteiger partial charge >= 0.3 is 0 Å². The molecule has 20 heavy (non-hydrogen) atoms. The molecule has 1 heterocycles. The predicted octanol–water partition coefficient (Wildman–Crippen LogP) is 2.75. The van der Waals surface area contributed by atoms with Crippen molar-refractivity contribution in [2.75, 3.05) is 13.7 Å². The molecule has 1 aromatic carbocycles. The van der Waals surface area contributed by atoms with Crippen molar-refractivity contribution in [1.82, 2.24) is 14.8 Å². The van der Waals surface area contributed by atoms with Crippen LogP contribution in [-0.2, 0) is 17.2 Å². The summed E-state index contributed by atoms with van der Waals surface area (Å²) in [7, 11) is 1.49. The molecule has 0 fully saturated rings. The fourth-order valence-electron chi connectivity index (χ4n) is 1.79. The molecule has 2 aromatic rings. The molecule has 108 valence electrons. The lowest BCUT2D eigenvalue weighted by Gasteiger charge is -2.10. The quantitative estimate of drug-likeness (QED) is 0.798. The summed E-state index contributed by atoms with van der Waals surface area (Å²) in [5.74, 6) is -2.76. The van der Waals surface area contributed by atoms with Crippen LogP contribution in [0, 0.1) is 17.5 Å². The number of hydrogen-bond acceptors (Lipinski definition) is 3. The fraction of sp³-hybridized carbons (Fsp3) is 0.333. The number of aromatic nitrogens is 3. The van der Waals surface area contributed by atoms with Crippen LogP contribution in [-0.4, -0.2) is 28.5 Å². The van der Waals surface area contributed by atoms with Gasteiger partial charge in [-0.1, -0.05) is 0 Å². The highest BCUT2D eigenvalue weighted by atomic mass is 35.5. The highest BCUT2D eigenvalue weighted by molar-refractivity contribution is 6.16. The lowest BCUT2D eigenvalue weighted by atomic mass is 10.1. The Morgan fingerprint density at radius 3 is 2.40 bits per heavy atom. The van der Waals surface area contributed by atoms with E-state index in [0.29, 0.717) is 24.6 Å². The Bertz CT molecular complexity index is 595. The summed E-state index contributed by atoms with van der Waals surface area (Å²) in [6.45, 7) is 0.566. The summed E-state index contributed by atoms with van der Waals surface area (Å²) in [6.07, 6.45) is 0. The maximum atomic E-state index is 13.8. The number of halogens is 4. The first-order valence-electron chi connectivity index (χ1n) is 5.70. The van der Waals surface area contributed by atoms with Crippen molar-refractivity contribution in [2.45, 2.75) is 12.4 Å². The van der Waals surface area contributed by atoms with Crippen molar-refractivity contribution in [3.63, 3.8) is 0 Å². The molecule has 0 saturated carbocycles. The second kappa shape index (κ2) is 6.23. The van der Waals surface area contributed by atoms with Crippen molar-refractivity contribution in [3.05, 3.63) is 35.4 Å². The van der Waals surface area contributed by atoms with E-state index >= 15 is 0 Å². The van der Waals surface area contributed by atoms with E-state index in [-0.39, 0.29) is 18.2 Å². The average molecular weight is 306 g/mol. The van der Waals surface area contributed by atoms with Gasteiger partial charge < -0.3 is 9.30 Å². The van der Waals surface area contributed by atoms with Crippen LogP contribution in [0.15, 0.2) is 12.1 Å². The Labute approximate surface area is 118 Å². The number of alkyl halides is 1. The Hall–Kier alpha value is -1.60. The predicted molar refractivity (Wildman–Crippen MR) is 66.8 cm³/mol. The molecule has 0 aliphatic heterocycles. The first kappa shape index (κ1) is 14.8. The summed E-state index contributed by atoms with van der Waals surface area (Å²) in [5.41, 5.74) is -0.439. The lowest BCUT2D eigenvalue weighted by molar-refractivity contribution is 0.187. The topological polar surface area (TPSA) is 39.9 Å². The maximum Gasteiger partial charge on any atom is 0.170 e. The van der Waals surface area contributed by atoms with Crippen molar-refractivity contribution in [3.8, 4) is 11.4 Å². The normalized spacial score (nSPS) is 11.1. The summed E-state index contributed by atoms with van der Waals surface area (Å²) in [6, 6.07) is 1.18. The number of methoxy groups -OCH3 is 1. The smallest absolute Gasteiger partial charge is 0.170 e. The number of hydrogen-bond donors (Lipinski definition) is 0. The largest absolute Gasteiger partial charge is 0.383 e. The SMILES string of the molecule is COCCn1c(CCl)nnc1-c1c(F)cc(F)cc1F. The molecule has 0 aliphatic carbocycles. The van der Waals surface area contributed by atoms with Gasteiger partial charge in [-0.05, 0) is 0 Å². The van der Waals surface area contributed by atoms with E-state index in [4.69, 9.17) is 16.3 Å². The monoisotopic (exact) mass is 305 g/mol. The third-order valence-electron chi connectivity index (χ3n) is 2.70. The van der Waals surface area contributed by atoms with E-state index in [1.807, 2.05) is 0 Å². The first-order valence-corrected chi connectivity index (χ1v) is 6.23. The molecule has 8 heteroatoms. The van der Waals surface area contributed by atoms with E-state index < -0.39 is 23.0 Å². The van der Waals surface area contributed by atoms with Gasteiger partial charge in [-0.25, -0.2) is 13.2 Å². The first-order chi connectivity index (χ1) is 9.58. The van der Waals surface area contributed by atoms with Crippen molar-refractivity contribution < 1.29 is 17.9 Å². The highest BCUT2D eigenvalue weighted by Gasteiger charge is 2.21. The highest BCUT2D eigenvalue weighted by Crippen LogP contribution is 2.26.